The summed E-state index contributed by atoms with van der Waals surface area (Å²) in [4.78, 5) is 26.1. The number of nitrogens with zero attached hydrogens (tertiary/aromatic N) is 3. The first-order valence-corrected chi connectivity index (χ1v) is 7.37. The summed E-state index contributed by atoms with van der Waals surface area (Å²) in [6.07, 6.45) is 5.90. The number of aryl methyl sites for hydroxylation is 1. The van der Waals surface area contributed by atoms with E-state index in [4.69, 9.17) is 0 Å². The number of carbonyl (C=O) groups is 1. The average Bonchev–Trinajstić information content (AvgIpc) is 2.92. The molecule has 2 aromatic heterocycles. The zero-order valence-corrected chi connectivity index (χ0v) is 11.5. The van der Waals surface area contributed by atoms with Gasteiger partial charge in [0.25, 0.3) is 0 Å². The summed E-state index contributed by atoms with van der Waals surface area (Å²) in [7, 11) is 0. The van der Waals surface area contributed by atoms with Gasteiger partial charge in [0, 0.05) is 29.3 Å². The molecule has 1 aliphatic rings. The van der Waals surface area contributed by atoms with E-state index in [9.17, 15) is 4.79 Å². The van der Waals surface area contributed by atoms with Crippen LogP contribution in [0.5, 0.6) is 0 Å². The van der Waals surface area contributed by atoms with Crippen molar-refractivity contribution in [2.45, 2.75) is 19.3 Å². The first-order chi connectivity index (χ1) is 9.81. The van der Waals surface area contributed by atoms with Gasteiger partial charge in [-0.05, 0) is 31.0 Å². The number of aromatic nitrogens is 3. The molecule has 5 heteroatoms. The second kappa shape index (κ2) is 4.45. The highest BCUT2D eigenvalue weighted by Crippen LogP contribution is 2.33. The highest BCUT2D eigenvalue weighted by molar-refractivity contribution is 7.15. The van der Waals surface area contributed by atoms with Crippen molar-refractivity contribution < 1.29 is 4.79 Å². The molecule has 0 saturated carbocycles. The van der Waals surface area contributed by atoms with Gasteiger partial charge in [-0.1, -0.05) is 0 Å². The minimum Gasteiger partial charge on any atom is -0.292 e. The third-order valence-corrected chi connectivity index (χ3v) is 4.65. The Balaban J connectivity index is 1.85. The van der Waals surface area contributed by atoms with Crippen LogP contribution >= 0.6 is 11.3 Å². The van der Waals surface area contributed by atoms with E-state index in [0.717, 1.165) is 39.3 Å². The lowest BCUT2D eigenvalue weighted by atomic mass is 10.0. The maximum absolute atomic E-state index is 11.9. The number of hydrogen-bond donors (Lipinski definition) is 0. The van der Waals surface area contributed by atoms with Crippen molar-refractivity contribution in [2.75, 3.05) is 0 Å². The van der Waals surface area contributed by atoms with Crippen molar-refractivity contribution in [3.05, 3.63) is 41.2 Å². The molecule has 98 valence electrons. The lowest BCUT2D eigenvalue weighted by Gasteiger charge is -2.06. The Bertz CT molecular complexity index is 825. The summed E-state index contributed by atoms with van der Waals surface area (Å²) in [5.74, 6) is 0.175. The van der Waals surface area contributed by atoms with Crippen LogP contribution in [0, 0.1) is 0 Å². The zero-order valence-electron chi connectivity index (χ0n) is 10.7. The first kappa shape index (κ1) is 11.7. The van der Waals surface area contributed by atoms with Crippen LogP contribution in [0.2, 0.25) is 0 Å². The van der Waals surface area contributed by atoms with Crippen molar-refractivity contribution in [3.63, 3.8) is 0 Å². The predicted octanol–water partition coefficient (Wildman–Crippen LogP) is 3.27. The second-order valence-corrected chi connectivity index (χ2v) is 5.91. The number of rotatable bonds is 1. The van der Waals surface area contributed by atoms with Crippen molar-refractivity contribution in [1.82, 2.24) is 15.0 Å². The third-order valence-electron chi connectivity index (χ3n) is 3.49. The summed E-state index contributed by atoms with van der Waals surface area (Å²) >= 11 is 1.62. The van der Waals surface area contributed by atoms with Gasteiger partial charge in [-0.2, -0.15) is 0 Å². The number of hydrogen-bond acceptors (Lipinski definition) is 5. The molecule has 0 amide bonds. The first-order valence-electron chi connectivity index (χ1n) is 6.55. The smallest absolute Gasteiger partial charge is 0.182 e. The van der Waals surface area contributed by atoms with Crippen LogP contribution in [0.15, 0.2) is 30.6 Å². The van der Waals surface area contributed by atoms with Crippen LogP contribution in [0.4, 0.5) is 0 Å². The number of carbonyl (C=O) groups excluding carboxylic acids is 1. The summed E-state index contributed by atoms with van der Waals surface area (Å²) in [5.41, 5.74) is 3.40. The molecule has 0 atom stereocenters. The Morgan fingerprint density at radius 2 is 1.90 bits per heavy atom. The molecule has 0 bridgehead atoms. The van der Waals surface area contributed by atoms with Crippen LogP contribution < -0.4 is 0 Å². The molecule has 0 fully saturated rings. The number of benzene rings is 1. The molecule has 20 heavy (non-hydrogen) atoms. The fraction of sp³-hybridized carbons (Fsp3) is 0.200. The van der Waals surface area contributed by atoms with Crippen molar-refractivity contribution in [2.24, 2.45) is 0 Å². The zero-order chi connectivity index (χ0) is 13.5. The molecule has 0 aliphatic heterocycles. The minimum absolute atomic E-state index is 0.175. The van der Waals surface area contributed by atoms with Gasteiger partial charge in [-0.15, -0.1) is 11.3 Å². The minimum atomic E-state index is 0.175. The molecule has 4 nitrogen and oxygen atoms in total. The van der Waals surface area contributed by atoms with E-state index >= 15 is 0 Å². The number of thiazole rings is 1. The van der Waals surface area contributed by atoms with Gasteiger partial charge in [-0.25, -0.2) is 4.98 Å². The van der Waals surface area contributed by atoms with Crippen molar-refractivity contribution in [1.29, 1.82) is 0 Å². The van der Waals surface area contributed by atoms with Gasteiger partial charge in [0.15, 0.2) is 5.78 Å². The Morgan fingerprint density at radius 3 is 2.75 bits per heavy atom. The number of Topliss-reactive ketones (excluding diaryl/α,β-unsaturated/α-hetero) is 1. The van der Waals surface area contributed by atoms with Gasteiger partial charge >= 0.3 is 0 Å². The summed E-state index contributed by atoms with van der Waals surface area (Å²) < 4.78 is 0. The maximum Gasteiger partial charge on any atom is 0.182 e. The van der Waals surface area contributed by atoms with Crippen LogP contribution in [-0.4, -0.2) is 20.7 Å². The molecule has 0 radical (unpaired) electrons. The Kier molecular flexibility index (Phi) is 2.60. The van der Waals surface area contributed by atoms with E-state index < -0.39 is 0 Å². The molecule has 3 aromatic rings. The second-order valence-electron chi connectivity index (χ2n) is 4.83. The topological polar surface area (TPSA) is 55.7 Å². The number of fused-ring (bicyclic) bond motifs is 2. The van der Waals surface area contributed by atoms with Gasteiger partial charge in [0.1, 0.15) is 10.7 Å². The summed E-state index contributed by atoms with van der Waals surface area (Å²) in [6, 6.07) is 5.92. The number of ketones is 1. The lowest BCUT2D eigenvalue weighted by Crippen LogP contribution is -2.08. The largest absolute Gasteiger partial charge is 0.292 e. The monoisotopic (exact) mass is 281 g/mol. The SMILES string of the molecule is O=C1CCCc2sc(-c3ccc4nccnc4c3)nc21. The quantitative estimate of drug-likeness (QED) is 0.687. The van der Waals surface area contributed by atoms with E-state index in [1.807, 2.05) is 18.2 Å². The van der Waals surface area contributed by atoms with Crippen molar-refractivity contribution in [3.8, 4) is 10.6 Å². The Morgan fingerprint density at radius 1 is 1.05 bits per heavy atom. The summed E-state index contributed by atoms with van der Waals surface area (Å²) in [6.45, 7) is 0. The Hall–Kier alpha value is -2.14. The maximum atomic E-state index is 11.9. The molecule has 1 aliphatic carbocycles. The molecule has 2 heterocycles. The van der Waals surface area contributed by atoms with Gasteiger partial charge in [-0.3, -0.25) is 14.8 Å². The van der Waals surface area contributed by atoms with Crippen LogP contribution in [0.3, 0.4) is 0 Å². The lowest BCUT2D eigenvalue weighted by molar-refractivity contribution is 0.0968. The van der Waals surface area contributed by atoms with E-state index in [2.05, 4.69) is 15.0 Å². The highest BCUT2D eigenvalue weighted by Gasteiger charge is 2.22. The van der Waals surface area contributed by atoms with Crippen molar-refractivity contribution >= 4 is 28.2 Å². The fourth-order valence-electron chi connectivity index (χ4n) is 2.49. The molecule has 1 aromatic carbocycles. The Labute approximate surface area is 119 Å². The third kappa shape index (κ3) is 1.82. The van der Waals surface area contributed by atoms with Crippen LogP contribution in [0.1, 0.15) is 28.2 Å². The predicted molar refractivity (Wildman–Crippen MR) is 77.9 cm³/mol. The normalized spacial score (nSPS) is 14.5. The molecule has 0 saturated heterocycles. The highest BCUT2D eigenvalue weighted by atomic mass is 32.1. The van der Waals surface area contributed by atoms with Crippen LogP contribution in [-0.2, 0) is 6.42 Å². The summed E-state index contributed by atoms with van der Waals surface area (Å²) in [5, 5.41) is 0.901. The molecule has 0 N–H and O–H groups in total. The van der Waals surface area contributed by atoms with Gasteiger partial charge < -0.3 is 0 Å². The average molecular weight is 281 g/mol. The van der Waals surface area contributed by atoms with Gasteiger partial charge in [0.05, 0.1) is 11.0 Å². The van der Waals surface area contributed by atoms with Crippen LogP contribution in [0.25, 0.3) is 21.6 Å². The van der Waals surface area contributed by atoms with E-state index in [1.165, 1.54) is 0 Å². The van der Waals surface area contributed by atoms with E-state index in [0.29, 0.717) is 12.1 Å². The molecule has 0 spiro atoms. The molecular weight excluding hydrogens is 270 g/mol. The standard InChI is InChI=1S/C15H11N3OS/c19-12-2-1-3-13-14(12)18-15(20-13)9-4-5-10-11(8-9)17-7-6-16-10/h4-8H,1-3H2. The molecular formula is C15H11N3OS. The van der Waals surface area contributed by atoms with E-state index in [-0.39, 0.29) is 5.78 Å². The van der Waals surface area contributed by atoms with E-state index in [1.54, 1.807) is 23.7 Å². The fourth-order valence-corrected chi connectivity index (χ4v) is 3.60. The van der Waals surface area contributed by atoms with Gasteiger partial charge in [0.2, 0.25) is 0 Å². The molecule has 4 rings (SSSR count). The molecule has 0 unspecified atom stereocenters.